The second-order valence-corrected chi connectivity index (χ2v) is 5.50. The standard InChI is InChI=1S/C15H17NO/c1-16-14(10-5-3-2-4-6-10)13-11-7-8-12(9-11)15(13)17-16/h2-8,11-15H,9H2,1H3. The maximum absolute atomic E-state index is 6.07. The molecule has 1 aliphatic heterocycles. The lowest BCUT2D eigenvalue weighted by atomic mass is 9.82. The third-order valence-corrected chi connectivity index (χ3v) is 4.63. The SMILES string of the molecule is CN1OC2C3C=CC(C3)C2C1c1ccccc1. The Bertz CT molecular complexity index is 455. The number of hydrogen-bond acceptors (Lipinski definition) is 2. The van der Waals surface area contributed by atoms with Crippen LogP contribution in [-0.4, -0.2) is 18.2 Å². The van der Waals surface area contributed by atoms with Crippen LogP contribution in [0, 0.1) is 17.8 Å². The molecule has 2 nitrogen and oxygen atoms in total. The smallest absolute Gasteiger partial charge is 0.0908 e. The topological polar surface area (TPSA) is 12.5 Å². The molecule has 2 fully saturated rings. The maximum Gasteiger partial charge on any atom is 0.0908 e. The van der Waals surface area contributed by atoms with E-state index >= 15 is 0 Å². The average Bonchev–Trinajstić information content (AvgIpc) is 3.00. The monoisotopic (exact) mass is 227 g/mol. The van der Waals surface area contributed by atoms with Crippen molar-refractivity contribution in [3.63, 3.8) is 0 Å². The molecule has 0 aromatic heterocycles. The van der Waals surface area contributed by atoms with E-state index < -0.39 is 0 Å². The van der Waals surface area contributed by atoms with Crippen molar-refractivity contribution in [2.24, 2.45) is 17.8 Å². The second kappa shape index (κ2) is 3.44. The minimum atomic E-state index is 0.417. The Morgan fingerprint density at radius 3 is 2.71 bits per heavy atom. The van der Waals surface area contributed by atoms with Gasteiger partial charge in [0, 0.05) is 18.9 Å². The van der Waals surface area contributed by atoms with E-state index in [4.69, 9.17) is 4.84 Å². The zero-order chi connectivity index (χ0) is 11.4. The molecule has 2 aliphatic carbocycles. The van der Waals surface area contributed by atoms with E-state index in [2.05, 4.69) is 54.6 Å². The number of benzene rings is 1. The fourth-order valence-electron chi connectivity index (χ4n) is 3.96. The van der Waals surface area contributed by atoms with Gasteiger partial charge in [-0.25, -0.2) is 0 Å². The molecule has 1 aromatic rings. The highest BCUT2D eigenvalue weighted by atomic mass is 16.7. The fraction of sp³-hybridized carbons (Fsp3) is 0.467. The molecule has 1 heterocycles. The zero-order valence-electron chi connectivity index (χ0n) is 9.99. The first-order chi connectivity index (χ1) is 8.34. The van der Waals surface area contributed by atoms with E-state index in [9.17, 15) is 0 Å². The number of fused-ring (bicyclic) bond motifs is 5. The number of allylic oxidation sites excluding steroid dienone is 1. The van der Waals surface area contributed by atoms with Gasteiger partial charge >= 0.3 is 0 Å². The van der Waals surface area contributed by atoms with Crippen molar-refractivity contribution in [1.82, 2.24) is 5.06 Å². The van der Waals surface area contributed by atoms with Crippen molar-refractivity contribution in [2.75, 3.05) is 7.05 Å². The molecule has 1 aromatic carbocycles. The average molecular weight is 227 g/mol. The van der Waals surface area contributed by atoms with Gasteiger partial charge in [0.2, 0.25) is 0 Å². The molecule has 2 heteroatoms. The van der Waals surface area contributed by atoms with Crippen molar-refractivity contribution >= 4 is 0 Å². The van der Waals surface area contributed by atoms with E-state index in [1.807, 2.05) is 0 Å². The first-order valence-corrected chi connectivity index (χ1v) is 6.47. The highest BCUT2D eigenvalue weighted by molar-refractivity contribution is 5.26. The summed E-state index contributed by atoms with van der Waals surface area (Å²) in [6, 6.07) is 11.2. The summed E-state index contributed by atoms with van der Waals surface area (Å²) in [7, 11) is 2.08. The van der Waals surface area contributed by atoms with Crippen LogP contribution in [0.4, 0.5) is 0 Å². The van der Waals surface area contributed by atoms with Crippen molar-refractivity contribution in [2.45, 2.75) is 18.6 Å². The van der Waals surface area contributed by atoms with Crippen molar-refractivity contribution in [1.29, 1.82) is 0 Å². The number of hydrogen-bond donors (Lipinski definition) is 0. The zero-order valence-corrected chi connectivity index (χ0v) is 9.99. The van der Waals surface area contributed by atoms with Gasteiger partial charge in [0.25, 0.3) is 0 Å². The molecule has 5 atom stereocenters. The molecule has 3 aliphatic rings. The first kappa shape index (κ1) is 9.86. The first-order valence-electron chi connectivity index (χ1n) is 6.47. The molecule has 0 N–H and O–H groups in total. The minimum Gasteiger partial charge on any atom is -0.294 e. The summed E-state index contributed by atoms with van der Waals surface area (Å²) in [6.07, 6.45) is 6.48. The molecular weight excluding hydrogens is 210 g/mol. The van der Waals surface area contributed by atoms with Crippen molar-refractivity contribution in [3.05, 3.63) is 48.0 Å². The maximum atomic E-state index is 6.07. The van der Waals surface area contributed by atoms with Gasteiger partial charge in [0.1, 0.15) is 0 Å². The molecule has 17 heavy (non-hydrogen) atoms. The van der Waals surface area contributed by atoms with Gasteiger partial charge < -0.3 is 0 Å². The lowest BCUT2D eigenvalue weighted by Gasteiger charge is -2.25. The molecule has 0 amide bonds. The largest absolute Gasteiger partial charge is 0.294 e. The third-order valence-electron chi connectivity index (χ3n) is 4.63. The third kappa shape index (κ3) is 1.28. The molecule has 88 valence electrons. The molecule has 1 saturated heterocycles. The Balaban J connectivity index is 1.74. The summed E-state index contributed by atoms with van der Waals surface area (Å²) in [5.41, 5.74) is 1.39. The highest BCUT2D eigenvalue weighted by Crippen LogP contribution is 2.55. The molecule has 4 rings (SSSR count). The lowest BCUT2D eigenvalue weighted by Crippen LogP contribution is -2.24. The van der Waals surface area contributed by atoms with E-state index in [1.165, 1.54) is 12.0 Å². The normalized spacial score (nSPS) is 43.2. The summed E-state index contributed by atoms with van der Waals surface area (Å²) in [5.74, 6) is 2.03. The Kier molecular flexibility index (Phi) is 1.99. The highest BCUT2D eigenvalue weighted by Gasteiger charge is 2.55. The predicted molar refractivity (Wildman–Crippen MR) is 66.0 cm³/mol. The Labute approximate surface area is 102 Å². The van der Waals surface area contributed by atoms with E-state index in [0.717, 1.165) is 5.92 Å². The molecule has 0 spiro atoms. The predicted octanol–water partition coefficient (Wildman–Crippen LogP) is 2.80. The van der Waals surface area contributed by atoms with Gasteiger partial charge in [-0.3, -0.25) is 4.84 Å². The Morgan fingerprint density at radius 1 is 1.12 bits per heavy atom. The van der Waals surface area contributed by atoms with Crippen LogP contribution < -0.4 is 0 Å². The second-order valence-electron chi connectivity index (χ2n) is 5.50. The molecule has 2 bridgehead atoms. The molecular formula is C15H17NO. The minimum absolute atomic E-state index is 0.417. The number of hydroxylamine groups is 2. The summed E-state index contributed by atoms with van der Waals surface area (Å²) in [6.45, 7) is 0. The summed E-state index contributed by atoms with van der Waals surface area (Å²) >= 11 is 0. The van der Waals surface area contributed by atoms with Gasteiger partial charge in [0.15, 0.2) is 0 Å². The van der Waals surface area contributed by atoms with Gasteiger partial charge in [0.05, 0.1) is 12.1 Å². The van der Waals surface area contributed by atoms with Crippen molar-refractivity contribution < 1.29 is 4.84 Å². The van der Waals surface area contributed by atoms with Gasteiger partial charge in [-0.05, 0) is 17.9 Å². The fourth-order valence-corrected chi connectivity index (χ4v) is 3.96. The van der Waals surface area contributed by atoms with E-state index in [0.29, 0.717) is 24.0 Å². The molecule has 5 unspecified atom stereocenters. The summed E-state index contributed by atoms with van der Waals surface area (Å²) in [4.78, 5) is 6.07. The van der Waals surface area contributed by atoms with Gasteiger partial charge in [-0.2, -0.15) is 5.06 Å². The lowest BCUT2D eigenvalue weighted by molar-refractivity contribution is -0.152. The van der Waals surface area contributed by atoms with Crippen LogP contribution in [0.1, 0.15) is 18.0 Å². The Morgan fingerprint density at radius 2 is 1.88 bits per heavy atom. The number of nitrogens with zero attached hydrogens (tertiary/aromatic N) is 1. The van der Waals surface area contributed by atoms with Crippen LogP contribution in [-0.2, 0) is 4.84 Å². The van der Waals surface area contributed by atoms with Gasteiger partial charge in [-0.1, -0.05) is 42.5 Å². The van der Waals surface area contributed by atoms with Gasteiger partial charge in [-0.15, -0.1) is 0 Å². The van der Waals surface area contributed by atoms with Crippen LogP contribution in [0.5, 0.6) is 0 Å². The van der Waals surface area contributed by atoms with E-state index in [1.54, 1.807) is 0 Å². The number of rotatable bonds is 1. The van der Waals surface area contributed by atoms with Crippen molar-refractivity contribution in [3.8, 4) is 0 Å². The van der Waals surface area contributed by atoms with Crippen LogP contribution >= 0.6 is 0 Å². The summed E-state index contributed by atoms with van der Waals surface area (Å²) < 4.78 is 0. The van der Waals surface area contributed by atoms with Crippen LogP contribution in [0.15, 0.2) is 42.5 Å². The molecule has 1 saturated carbocycles. The van der Waals surface area contributed by atoms with Crippen LogP contribution in [0.2, 0.25) is 0 Å². The Hall–Kier alpha value is -1.12. The van der Waals surface area contributed by atoms with Crippen LogP contribution in [0.25, 0.3) is 0 Å². The molecule has 0 radical (unpaired) electrons. The van der Waals surface area contributed by atoms with Crippen LogP contribution in [0.3, 0.4) is 0 Å². The summed E-state index contributed by atoms with van der Waals surface area (Å²) in [5, 5.41) is 2.08. The quantitative estimate of drug-likeness (QED) is 0.684. The van der Waals surface area contributed by atoms with E-state index in [-0.39, 0.29) is 0 Å².